The fraction of sp³-hybridized carbons (Fsp3) is 0.833. The number of rotatable bonds is 5. The number of aliphatic hydroxyl groups excluding tert-OH is 1. The predicted molar refractivity (Wildman–Crippen MR) is 63.9 cm³/mol. The quantitative estimate of drug-likeness (QED) is 0.530. The number of carboxylic acid groups (broad SMARTS) is 1. The van der Waals surface area contributed by atoms with Crippen molar-refractivity contribution < 1.29 is 19.8 Å². The van der Waals surface area contributed by atoms with Crippen molar-refractivity contribution in [3.05, 3.63) is 0 Å². The molecule has 102 valence electrons. The van der Waals surface area contributed by atoms with E-state index in [1.807, 2.05) is 0 Å². The van der Waals surface area contributed by atoms with Crippen molar-refractivity contribution in [3.63, 3.8) is 0 Å². The lowest BCUT2D eigenvalue weighted by atomic mass is 9.89. The number of aliphatic carboxylic acids is 1. The summed E-state index contributed by atoms with van der Waals surface area (Å²) in [6.07, 6.45) is 4.69. The molecule has 2 bridgehead atoms. The number of carboxylic acids is 1. The van der Waals surface area contributed by atoms with Gasteiger partial charge in [0, 0.05) is 18.5 Å². The van der Waals surface area contributed by atoms with Gasteiger partial charge < -0.3 is 20.8 Å². The van der Waals surface area contributed by atoms with E-state index >= 15 is 0 Å². The van der Waals surface area contributed by atoms with Crippen molar-refractivity contribution in [3.8, 4) is 0 Å². The van der Waals surface area contributed by atoms with E-state index < -0.39 is 18.6 Å². The van der Waals surface area contributed by atoms with Crippen LogP contribution in [0.2, 0.25) is 0 Å². The molecule has 0 spiro atoms. The lowest BCUT2D eigenvalue weighted by molar-refractivity contribution is -0.143. The van der Waals surface area contributed by atoms with Gasteiger partial charge in [-0.05, 0) is 31.6 Å². The van der Waals surface area contributed by atoms with Crippen LogP contribution in [0.4, 0.5) is 0 Å². The summed E-state index contributed by atoms with van der Waals surface area (Å²) in [5.41, 5.74) is 0. The molecule has 0 aromatic heterocycles. The molecular formula is C12H20N2O4. The largest absolute Gasteiger partial charge is 0.480 e. The summed E-state index contributed by atoms with van der Waals surface area (Å²) in [4.78, 5) is 22.4. The van der Waals surface area contributed by atoms with Gasteiger partial charge in [0.05, 0.1) is 6.61 Å². The summed E-state index contributed by atoms with van der Waals surface area (Å²) in [5, 5.41) is 23.4. The number of hydrogen-bond donors (Lipinski definition) is 4. The SMILES string of the molecule is O=C(CC1CC2CCC(C1)N2)NC(CO)C(=O)O. The summed E-state index contributed by atoms with van der Waals surface area (Å²) >= 11 is 0. The van der Waals surface area contributed by atoms with E-state index in [0.29, 0.717) is 24.4 Å². The Kier molecular flexibility index (Phi) is 4.19. The summed E-state index contributed by atoms with van der Waals surface area (Å²) in [7, 11) is 0. The molecule has 2 aliphatic rings. The third kappa shape index (κ3) is 3.20. The molecule has 6 heteroatoms. The Morgan fingerprint density at radius 3 is 2.39 bits per heavy atom. The van der Waals surface area contributed by atoms with Crippen LogP contribution in [-0.4, -0.2) is 46.8 Å². The van der Waals surface area contributed by atoms with Crippen LogP contribution in [0.15, 0.2) is 0 Å². The zero-order valence-electron chi connectivity index (χ0n) is 10.3. The summed E-state index contributed by atoms with van der Waals surface area (Å²) in [6.45, 7) is -0.571. The fourth-order valence-electron chi connectivity index (χ4n) is 3.04. The molecule has 2 aliphatic heterocycles. The summed E-state index contributed by atoms with van der Waals surface area (Å²) < 4.78 is 0. The van der Waals surface area contributed by atoms with Crippen molar-refractivity contribution in [2.24, 2.45) is 5.92 Å². The molecule has 2 heterocycles. The molecule has 6 nitrogen and oxygen atoms in total. The summed E-state index contributed by atoms with van der Waals surface area (Å²) in [5.74, 6) is -1.14. The minimum Gasteiger partial charge on any atom is -0.480 e. The second kappa shape index (κ2) is 5.67. The molecule has 0 saturated carbocycles. The van der Waals surface area contributed by atoms with Gasteiger partial charge in [-0.2, -0.15) is 0 Å². The highest BCUT2D eigenvalue weighted by Gasteiger charge is 2.34. The van der Waals surface area contributed by atoms with Gasteiger partial charge in [-0.25, -0.2) is 4.79 Å². The number of aliphatic hydroxyl groups is 1. The first-order valence-electron chi connectivity index (χ1n) is 6.47. The standard InChI is InChI=1S/C12H20N2O4/c15-6-10(12(17)18)14-11(16)5-7-3-8-1-2-9(4-7)13-8/h7-10,13,15H,1-6H2,(H,14,16)(H,17,18). The van der Waals surface area contributed by atoms with Gasteiger partial charge >= 0.3 is 5.97 Å². The zero-order valence-corrected chi connectivity index (χ0v) is 10.3. The van der Waals surface area contributed by atoms with Crippen LogP contribution in [0.1, 0.15) is 32.1 Å². The van der Waals surface area contributed by atoms with Crippen LogP contribution in [0.5, 0.6) is 0 Å². The van der Waals surface area contributed by atoms with E-state index in [0.717, 1.165) is 12.8 Å². The first-order chi connectivity index (χ1) is 8.58. The molecular weight excluding hydrogens is 236 g/mol. The van der Waals surface area contributed by atoms with E-state index in [1.165, 1.54) is 12.8 Å². The van der Waals surface area contributed by atoms with Gasteiger partial charge in [0.25, 0.3) is 0 Å². The second-order valence-electron chi connectivity index (χ2n) is 5.32. The van der Waals surface area contributed by atoms with Crippen molar-refractivity contribution in [2.45, 2.75) is 50.2 Å². The third-order valence-corrected chi connectivity index (χ3v) is 3.86. The molecule has 4 N–H and O–H groups in total. The topological polar surface area (TPSA) is 98.7 Å². The number of nitrogens with one attached hydrogen (secondary N) is 2. The Morgan fingerprint density at radius 2 is 1.89 bits per heavy atom. The van der Waals surface area contributed by atoms with Gasteiger partial charge in [-0.15, -0.1) is 0 Å². The Labute approximate surface area is 106 Å². The Morgan fingerprint density at radius 1 is 1.28 bits per heavy atom. The highest BCUT2D eigenvalue weighted by atomic mass is 16.4. The van der Waals surface area contributed by atoms with Gasteiger partial charge in [0.1, 0.15) is 6.04 Å². The Balaban J connectivity index is 1.79. The van der Waals surface area contributed by atoms with Crippen LogP contribution in [0.3, 0.4) is 0 Å². The highest BCUT2D eigenvalue weighted by molar-refractivity contribution is 5.83. The van der Waals surface area contributed by atoms with Crippen molar-refractivity contribution in [1.82, 2.24) is 10.6 Å². The second-order valence-corrected chi connectivity index (χ2v) is 5.32. The lowest BCUT2D eigenvalue weighted by Gasteiger charge is -2.28. The van der Waals surface area contributed by atoms with Gasteiger partial charge in [0.15, 0.2) is 0 Å². The molecule has 0 radical (unpaired) electrons. The number of carbonyl (C=O) groups excluding carboxylic acids is 1. The van der Waals surface area contributed by atoms with Crippen LogP contribution in [0.25, 0.3) is 0 Å². The molecule has 0 aromatic rings. The average molecular weight is 256 g/mol. The van der Waals surface area contributed by atoms with Gasteiger partial charge in [0.2, 0.25) is 5.91 Å². The minimum atomic E-state index is -1.20. The van der Waals surface area contributed by atoms with E-state index in [4.69, 9.17) is 10.2 Å². The first kappa shape index (κ1) is 13.3. The molecule has 0 aromatic carbocycles. The molecule has 2 fully saturated rings. The lowest BCUT2D eigenvalue weighted by Crippen LogP contribution is -2.45. The predicted octanol–water partition coefficient (Wildman–Crippen LogP) is -0.531. The Hall–Kier alpha value is -1.14. The van der Waals surface area contributed by atoms with Crippen molar-refractivity contribution in [1.29, 1.82) is 0 Å². The summed E-state index contributed by atoms with van der Waals surface area (Å²) in [6, 6.07) is -0.139. The van der Waals surface area contributed by atoms with Crippen molar-refractivity contribution in [2.75, 3.05) is 6.61 Å². The molecule has 18 heavy (non-hydrogen) atoms. The molecule has 1 amide bonds. The van der Waals surface area contributed by atoms with E-state index in [1.54, 1.807) is 0 Å². The average Bonchev–Trinajstić information content (AvgIpc) is 2.65. The monoisotopic (exact) mass is 256 g/mol. The molecule has 3 unspecified atom stereocenters. The first-order valence-corrected chi connectivity index (χ1v) is 6.47. The third-order valence-electron chi connectivity index (χ3n) is 3.86. The smallest absolute Gasteiger partial charge is 0.328 e. The van der Waals surface area contributed by atoms with Crippen LogP contribution in [0, 0.1) is 5.92 Å². The van der Waals surface area contributed by atoms with E-state index in [2.05, 4.69) is 10.6 Å². The number of amides is 1. The highest BCUT2D eigenvalue weighted by Crippen LogP contribution is 2.32. The molecule has 2 saturated heterocycles. The maximum Gasteiger partial charge on any atom is 0.328 e. The van der Waals surface area contributed by atoms with Gasteiger partial charge in [-0.3, -0.25) is 4.79 Å². The number of carbonyl (C=O) groups is 2. The fourth-order valence-corrected chi connectivity index (χ4v) is 3.04. The van der Waals surface area contributed by atoms with Crippen LogP contribution in [-0.2, 0) is 9.59 Å². The van der Waals surface area contributed by atoms with Gasteiger partial charge in [-0.1, -0.05) is 0 Å². The zero-order chi connectivity index (χ0) is 13.1. The molecule has 2 rings (SSSR count). The minimum absolute atomic E-state index is 0.275. The number of piperidine rings is 1. The normalized spacial score (nSPS) is 31.9. The number of fused-ring (bicyclic) bond motifs is 2. The maximum atomic E-state index is 11.7. The van der Waals surface area contributed by atoms with Crippen molar-refractivity contribution >= 4 is 11.9 Å². The number of hydrogen-bond acceptors (Lipinski definition) is 4. The van der Waals surface area contributed by atoms with Crippen LogP contribution >= 0.6 is 0 Å². The molecule has 0 aliphatic carbocycles. The molecule has 3 atom stereocenters. The Bertz CT molecular complexity index is 322. The van der Waals surface area contributed by atoms with E-state index in [-0.39, 0.29) is 5.91 Å². The van der Waals surface area contributed by atoms with Crippen LogP contribution < -0.4 is 10.6 Å². The van der Waals surface area contributed by atoms with E-state index in [9.17, 15) is 9.59 Å². The maximum absolute atomic E-state index is 11.7.